The molecule has 2 N–H and O–H groups in total. The molecule has 0 amide bonds. The van der Waals surface area contributed by atoms with Gasteiger partial charge in [0.1, 0.15) is 0 Å². The van der Waals surface area contributed by atoms with E-state index in [0.29, 0.717) is 18.2 Å². The van der Waals surface area contributed by atoms with Crippen molar-refractivity contribution in [3.8, 4) is 0 Å². The highest BCUT2D eigenvalue weighted by Crippen LogP contribution is 2.22. The second-order valence-electron chi connectivity index (χ2n) is 4.83. The van der Waals surface area contributed by atoms with E-state index >= 15 is 0 Å². The number of hydrogen-bond donors (Lipinski definition) is 2. The van der Waals surface area contributed by atoms with Crippen LogP contribution in [-0.4, -0.2) is 34.8 Å². The molecule has 1 aliphatic carbocycles. The van der Waals surface area contributed by atoms with Gasteiger partial charge >= 0.3 is 5.97 Å². The molecule has 0 bridgehead atoms. The van der Waals surface area contributed by atoms with E-state index in [1.807, 2.05) is 0 Å². The van der Waals surface area contributed by atoms with Crippen LogP contribution in [0.25, 0.3) is 0 Å². The van der Waals surface area contributed by atoms with Crippen molar-refractivity contribution in [1.82, 2.24) is 4.98 Å². The molecule has 0 atom stereocenters. The van der Waals surface area contributed by atoms with Gasteiger partial charge in [-0.1, -0.05) is 0 Å². The third-order valence-corrected chi connectivity index (χ3v) is 3.32. The number of nitrogens with zero attached hydrogens (tertiary/aromatic N) is 1. The van der Waals surface area contributed by atoms with E-state index in [2.05, 4.69) is 10.3 Å². The lowest BCUT2D eigenvalue weighted by atomic mass is 9.93. The van der Waals surface area contributed by atoms with E-state index in [4.69, 9.17) is 4.74 Å². The van der Waals surface area contributed by atoms with Crippen LogP contribution in [0, 0.1) is 0 Å². The van der Waals surface area contributed by atoms with Gasteiger partial charge in [0.05, 0.1) is 24.0 Å². The number of hydrogen-bond acceptors (Lipinski definition) is 5. The minimum absolute atomic E-state index is 0.165. The first-order chi connectivity index (χ1) is 9.19. The van der Waals surface area contributed by atoms with Gasteiger partial charge < -0.3 is 15.2 Å². The molecule has 0 saturated heterocycles. The standard InChI is InChI=1S/C14H20N2O3/c1-2-19-14(18)10-7-12(9-15-8-10)16-11-3-5-13(17)6-4-11/h7-9,11,13,16-17H,2-6H2,1H3. The fraction of sp³-hybridized carbons (Fsp3) is 0.571. The maximum atomic E-state index is 11.6. The molecule has 0 aliphatic heterocycles. The molecule has 104 valence electrons. The van der Waals surface area contributed by atoms with Crippen molar-refractivity contribution in [3.05, 3.63) is 24.0 Å². The van der Waals surface area contributed by atoms with E-state index in [1.54, 1.807) is 19.2 Å². The summed E-state index contributed by atoms with van der Waals surface area (Å²) in [6, 6.07) is 2.10. The summed E-state index contributed by atoms with van der Waals surface area (Å²) in [6.07, 6.45) is 6.56. The van der Waals surface area contributed by atoms with E-state index in [-0.39, 0.29) is 12.1 Å². The molecule has 0 spiro atoms. The number of anilines is 1. The van der Waals surface area contributed by atoms with Crippen LogP contribution in [0.15, 0.2) is 18.5 Å². The highest BCUT2D eigenvalue weighted by Gasteiger charge is 2.19. The van der Waals surface area contributed by atoms with Crippen molar-refractivity contribution in [2.24, 2.45) is 0 Å². The predicted molar refractivity (Wildman–Crippen MR) is 72.1 cm³/mol. The zero-order valence-electron chi connectivity index (χ0n) is 11.1. The summed E-state index contributed by atoms with van der Waals surface area (Å²) in [5.74, 6) is -0.349. The van der Waals surface area contributed by atoms with Gasteiger partial charge in [-0.15, -0.1) is 0 Å². The maximum absolute atomic E-state index is 11.6. The van der Waals surface area contributed by atoms with Gasteiger partial charge in [0.15, 0.2) is 0 Å². The van der Waals surface area contributed by atoms with Crippen LogP contribution in [0.5, 0.6) is 0 Å². The molecule has 0 radical (unpaired) electrons. The summed E-state index contributed by atoms with van der Waals surface area (Å²) in [4.78, 5) is 15.7. The molecule has 5 heteroatoms. The summed E-state index contributed by atoms with van der Waals surface area (Å²) in [6.45, 7) is 2.14. The number of ether oxygens (including phenoxy) is 1. The maximum Gasteiger partial charge on any atom is 0.339 e. The molecule has 1 aromatic heterocycles. The van der Waals surface area contributed by atoms with Crippen molar-refractivity contribution < 1.29 is 14.6 Å². The topological polar surface area (TPSA) is 71.5 Å². The zero-order valence-corrected chi connectivity index (χ0v) is 11.1. The highest BCUT2D eigenvalue weighted by atomic mass is 16.5. The summed E-state index contributed by atoms with van der Waals surface area (Å²) in [5.41, 5.74) is 1.29. The van der Waals surface area contributed by atoms with Crippen LogP contribution in [0.3, 0.4) is 0 Å². The molecule has 1 fully saturated rings. The lowest BCUT2D eigenvalue weighted by Crippen LogP contribution is -2.28. The quantitative estimate of drug-likeness (QED) is 0.814. The van der Waals surface area contributed by atoms with Crippen molar-refractivity contribution in [3.63, 3.8) is 0 Å². The largest absolute Gasteiger partial charge is 0.462 e. The van der Waals surface area contributed by atoms with Crippen molar-refractivity contribution >= 4 is 11.7 Å². The Morgan fingerprint density at radius 3 is 2.84 bits per heavy atom. The van der Waals surface area contributed by atoms with E-state index < -0.39 is 0 Å². The summed E-state index contributed by atoms with van der Waals surface area (Å²) in [5, 5.41) is 12.8. The highest BCUT2D eigenvalue weighted by molar-refractivity contribution is 5.90. The molecule has 1 aromatic rings. The number of aromatic nitrogens is 1. The van der Waals surface area contributed by atoms with Crippen LogP contribution in [-0.2, 0) is 4.74 Å². The minimum atomic E-state index is -0.349. The Balaban J connectivity index is 1.97. The molecule has 0 unspecified atom stereocenters. The predicted octanol–water partition coefficient (Wildman–Crippen LogP) is 1.97. The fourth-order valence-electron chi connectivity index (χ4n) is 2.30. The minimum Gasteiger partial charge on any atom is -0.462 e. The van der Waals surface area contributed by atoms with Crippen molar-refractivity contribution in [2.45, 2.75) is 44.8 Å². The molecular weight excluding hydrogens is 244 g/mol. The smallest absolute Gasteiger partial charge is 0.339 e. The van der Waals surface area contributed by atoms with Crippen molar-refractivity contribution in [2.75, 3.05) is 11.9 Å². The number of carbonyl (C=O) groups is 1. The first kappa shape index (κ1) is 13.8. The second-order valence-corrected chi connectivity index (χ2v) is 4.83. The molecule has 5 nitrogen and oxygen atoms in total. The molecule has 19 heavy (non-hydrogen) atoms. The van der Waals surface area contributed by atoms with Gasteiger partial charge in [0.2, 0.25) is 0 Å². The van der Waals surface area contributed by atoms with E-state index in [1.165, 1.54) is 6.20 Å². The zero-order chi connectivity index (χ0) is 13.7. The van der Waals surface area contributed by atoms with Gasteiger partial charge in [0, 0.05) is 18.4 Å². The van der Waals surface area contributed by atoms with Gasteiger partial charge in [-0.2, -0.15) is 0 Å². The van der Waals surface area contributed by atoms with Crippen LogP contribution in [0.1, 0.15) is 43.0 Å². The average Bonchev–Trinajstić information content (AvgIpc) is 2.42. The number of carbonyl (C=O) groups excluding carboxylic acids is 1. The Morgan fingerprint density at radius 1 is 1.42 bits per heavy atom. The molecule has 1 saturated carbocycles. The van der Waals surface area contributed by atoms with Gasteiger partial charge in [-0.05, 0) is 38.7 Å². The monoisotopic (exact) mass is 264 g/mol. The van der Waals surface area contributed by atoms with E-state index in [0.717, 1.165) is 31.4 Å². The third kappa shape index (κ3) is 3.92. The third-order valence-electron chi connectivity index (χ3n) is 3.32. The van der Waals surface area contributed by atoms with Gasteiger partial charge in [-0.25, -0.2) is 4.79 Å². The van der Waals surface area contributed by atoms with Crippen LogP contribution in [0.2, 0.25) is 0 Å². The number of aliphatic hydroxyl groups excluding tert-OH is 1. The molecule has 2 rings (SSSR count). The van der Waals surface area contributed by atoms with Gasteiger partial charge in [0.25, 0.3) is 0 Å². The van der Waals surface area contributed by atoms with Crippen LogP contribution in [0.4, 0.5) is 5.69 Å². The molecule has 0 aromatic carbocycles. The van der Waals surface area contributed by atoms with Crippen molar-refractivity contribution in [1.29, 1.82) is 0 Å². The first-order valence-corrected chi connectivity index (χ1v) is 6.75. The van der Waals surface area contributed by atoms with E-state index in [9.17, 15) is 9.90 Å². The Labute approximate surface area is 113 Å². The lowest BCUT2D eigenvalue weighted by molar-refractivity contribution is 0.0526. The summed E-state index contributed by atoms with van der Waals surface area (Å²) in [7, 11) is 0. The SMILES string of the molecule is CCOC(=O)c1cncc(NC2CCC(O)CC2)c1. The first-order valence-electron chi connectivity index (χ1n) is 6.75. The number of nitrogens with one attached hydrogen (secondary N) is 1. The Hall–Kier alpha value is -1.62. The Bertz CT molecular complexity index is 428. The molecular formula is C14H20N2O3. The Morgan fingerprint density at radius 2 is 2.16 bits per heavy atom. The lowest BCUT2D eigenvalue weighted by Gasteiger charge is -2.26. The Kier molecular flexibility index (Phi) is 4.74. The molecule has 1 aliphatic rings. The van der Waals surface area contributed by atoms with Crippen LogP contribution >= 0.6 is 0 Å². The number of rotatable bonds is 4. The fourth-order valence-corrected chi connectivity index (χ4v) is 2.30. The summed E-state index contributed by atoms with van der Waals surface area (Å²) >= 11 is 0. The number of pyridine rings is 1. The normalized spacial score (nSPS) is 22.8. The summed E-state index contributed by atoms with van der Waals surface area (Å²) < 4.78 is 4.95. The number of esters is 1. The number of aliphatic hydroxyl groups is 1. The molecule has 1 heterocycles. The van der Waals surface area contributed by atoms with Gasteiger partial charge in [-0.3, -0.25) is 4.98 Å². The average molecular weight is 264 g/mol. The second kappa shape index (κ2) is 6.52. The van der Waals surface area contributed by atoms with Crippen LogP contribution < -0.4 is 5.32 Å².